The molecule has 8 heteroatoms. The van der Waals surface area contributed by atoms with E-state index in [1.165, 1.54) is 12.1 Å². The Hall–Kier alpha value is -4.07. The number of nitrogens with zero attached hydrogens (tertiary/aromatic N) is 2. The zero-order valence-corrected chi connectivity index (χ0v) is 16.8. The summed E-state index contributed by atoms with van der Waals surface area (Å²) >= 11 is 0. The van der Waals surface area contributed by atoms with Crippen LogP contribution in [0.2, 0.25) is 0 Å². The van der Waals surface area contributed by atoms with Gasteiger partial charge in [0.15, 0.2) is 0 Å². The van der Waals surface area contributed by atoms with E-state index in [4.69, 9.17) is 4.74 Å². The second kappa shape index (κ2) is 9.38. The van der Waals surface area contributed by atoms with Crippen LogP contribution in [0.1, 0.15) is 11.1 Å². The fourth-order valence-electron chi connectivity index (χ4n) is 2.90. The first-order valence-corrected chi connectivity index (χ1v) is 9.76. The second-order valence-electron chi connectivity index (χ2n) is 6.92. The van der Waals surface area contributed by atoms with Crippen molar-refractivity contribution in [2.75, 3.05) is 10.6 Å². The molecule has 5 nitrogen and oxygen atoms in total. The molecule has 0 aliphatic carbocycles. The Labute approximate surface area is 182 Å². The number of hydrogen-bond donors (Lipinski definition) is 2. The zero-order chi connectivity index (χ0) is 22.4. The topological polar surface area (TPSA) is 59.1 Å². The molecule has 2 N–H and O–H groups in total. The molecule has 4 aromatic rings. The average molecular weight is 436 g/mol. The summed E-state index contributed by atoms with van der Waals surface area (Å²) in [4.78, 5) is 8.49. The van der Waals surface area contributed by atoms with E-state index < -0.39 is 11.7 Å². The Balaban J connectivity index is 1.35. The Morgan fingerprint density at radius 3 is 2.12 bits per heavy atom. The van der Waals surface area contributed by atoms with E-state index >= 15 is 0 Å². The SMILES string of the molecule is FC(F)(F)c1ccc(Nc2cnc(Nc3cccc(OCc4ccccc4)c3)nc2)cc1. The van der Waals surface area contributed by atoms with Crippen molar-refractivity contribution in [3.8, 4) is 5.75 Å². The molecule has 0 amide bonds. The van der Waals surface area contributed by atoms with Crippen LogP contribution in [0.25, 0.3) is 0 Å². The lowest BCUT2D eigenvalue weighted by atomic mass is 10.2. The van der Waals surface area contributed by atoms with E-state index in [0.717, 1.165) is 23.4 Å². The minimum Gasteiger partial charge on any atom is -0.489 e. The van der Waals surface area contributed by atoms with E-state index in [9.17, 15) is 13.2 Å². The zero-order valence-electron chi connectivity index (χ0n) is 16.8. The molecule has 1 aromatic heterocycles. The monoisotopic (exact) mass is 436 g/mol. The molecule has 3 aromatic carbocycles. The third-order valence-corrected chi connectivity index (χ3v) is 4.49. The van der Waals surface area contributed by atoms with Gasteiger partial charge in [0.05, 0.1) is 23.6 Å². The van der Waals surface area contributed by atoms with Crippen molar-refractivity contribution >= 4 is 23.0 Å². The van der Waals surface area contributed by atoms with Gasteiger partial charge in [-0.2, -0.15) is 13.2 Å². The number of hydrogen-bond acceptors (Lipinski definition) is 5. The predicted octanol–water partition coefficient (Wildman–Crippen LogP) is 6.56. The highest BCUT2D eigenvalue weighted by atomic mass is 19.4. The molecule has 0 bridgehead atoms. The molecule has 1 heterocycles. The lowest BCUT2D eigenvalue weighted by molar-refractivity contribution is -0.137. The fraction of sp³-hybridized carbons (Fsp3) is 0.0833. The van der Waals surface area contributed by atoms with Gasteiger partial charge in [0.25, 0.3) is 0 Å². The lowest BCUT2D eigenvalue weighted by Gasteiger charge is -2.11. The molecule has 32 heavy (non-hydrogen) atoms. The summed E-state index contributed by atoms with van der Waals surface area (Å²) < 4.78 is 43.8. The lowest BCUT2D eigenvalue weighted by Crippen LogP contribution is -2.04. The first-order chi connectivity index (χ1) is 15.5. The number of alkyl halides is 3. The van der Waals surface area contributed by atoms with Gasteiger partial charge in [0.1, 0.15) is 12.4 Å². The summed E-state index contributed by atoms with van der Waals surface area (Å²) in [6, 6.07) is 22.1. The summed E-state index contributed by atoms with van der Waals surface area (Å²) in [5.41, 5.74) is 2.19. The third-order valence-electron chi connectivity index (χ3n) is 4.49. The number of anilines is 4. The number of rotatable bonds is 7. The molecule has 0 spiro atoms. The van der Waals surface area contributed by atoms with Gasteiger partial charge in [-0.05, 0) is 42.0 Å². The van der Waals surface area contributed by atoms with Crippen molar-refractivity contribution in [2.24, 2.45) is 0 Å². The highest BCUT2D eigenvalue weighted by molar-refractivity contribution is 5.60. The van der Waals surface area contributed by atoms with Crippen LogP contribution < -0.4 is 15.4 Å². The number of aromatic nitrogens is 2. The van der Waals surface area contributed by atoms with Crippen LogP contribution >= 0.6 is 0 Å². The van der Waals surface area contributed by atoms with Crippen molar-refractivity contribution in [3.05, 3.63) is 102 Å². The van der Waals surface area contributed by atoms with Crippen molar-refractivity contribution in [3.63, 3.8) is 0 Å². The standard InChI is InChI=1S/C24H19F3N4O/c25-24(26,27)18-9-11-19(12-10-18)30-21-14-28-23(29-15-21)31-20-7-4-8-22(13-20)32-16-17-5-2-1-3-6-17/h1-15,30H,16H2,(H,28,29,31). The molecule has 0 saturated heterocycles. The Morgan fingerprint density at radius 2 is 1.44 bits per heavy atom. The number of ether oxygens (including phenoxy) is 1. The van der Waals surface area contributed by atoms with Crippen LogP contribution in [0.15, 0.2) is 91.3 Å². The summed E-state index contributed by atoms with van der Waals surface area (Å²) in [5, 5.41) is 6.08. The summed E-state index contributed by atoms with van der Waals surface area (Å²) in [6.45, 7) is 0.463. The summed E-state index contributed by atoms with van der Waals surface area (Å²) in [5.74, 6) is 1.09. The maximum Gasteiger partial charge on any atom is 0.416 e. The summed E-state index contributed by atoms with van der Waals surface area (Å²) in [7, 11) is 0. The first kappa shape index (κ1) is 21.2. The van der Waals surface area contributed by atoms with Crippen LogP contribution in [0.4, 0.5) is 36.2 Å². The minimum atomic E-state index is -4.36. The fourth-order valence-corrected chi connectivity index (χ4v) is 2.90. The van der Waals surface area contributed by atoms with E-state index in [0.29, 0.717) is 29.7 Å². The first-order valence-electron chi connectivity index (χ1n) is 9.76. The second-order valence-corrected chi connectivity index (χ2v) is 6.92. The molecule has 0 aliphatic heterocycles. The van der Waals surface area contributed by atoms with Gasteiger partial charge in [0.2, 0.25) is 5.95 Å². The molecule has 0 radical (unpaired) electrons. The molecule has 0 unspecified atom stereocenters. The van der Waals surface area contributed by atoms with Gasteiger partial charge in [-0.1, -0.05) is 36.4 Å². The van der Waals surface area contributed by atoms with Crippen molar-refractivity contribution < 1.29 is 17.9 Å². The molecule has 0 aliphatic rings. The van der Waals surface area contributed by atoms with Gasteiger partial charge in [-0.25, -0.2) is 9.97 Å². The normalized spacial score (nSPS) is 11.1. The Kier molecular flexibility index (Phi) is 6.21. The molecule has 0 atom stereocenters. The van der Waals surface area contributed by atoms with E-state index in [1.54, 1.807) is 12.4 Å². The molecule has 0 saturated carbocycles. The van der Waals surface area contributed by atoms with Gasteiger partial charge < -0.3 is 15.4 Å². The quantitative estimate of drug-likeness (QED) is 0.344. The highest BCUT2D eigenvalue weighted by Crippen LogP contribution is 2.30. The van der Waals surface area contributed by atoms with Crippen LogP contribution in [0.5, 0.6) is 5.75 Å². The van der Waals surface area contributed by atoms with Crippen LogP contribution in [0.3, 0.4) is 0 Å². The van der Waals surface area contributed by atoms with Crippen molar-refractivity contribution in [1.29, 1.82) is 0 Å². The third kappa shape index (κ3) is 5.75. The van der Waals surface area contributed by atoms with E-state index in [-0.39, 0.29) is 0 Å². The van der Waals surface area contributed by atoms with Gasteiger partial charge in [0, 0.05) is 17.4 Å². The molecule has 162 valence electrons. The average Bonchev–Trinajstić information content (AvgIpc) is 2.80. The Morgan fingerprint density at radius 1 is 0.719 bits per heavy atom. The molecular weight excluding hydrogens is 417 g/mol. The van der Waals surface area contributed by atoms with E-state index in [1.807, 2.05) is 54.6 Å². The minimum absolute atomic E-state index is 0.378. The maximum atomic E-state index is 12.7. The van der Waals surface area contributed by atoms with Gasteiger partial charge >= 0.3 is 6.18 Å². The van der Waals surface area contributed by atoms with Crippen LogP contribution in [-0.2, 0) is 12.8 Å². The highest BCUT2D eigenvalue weighted by Gasteiger charge is 2.29. The van der Waals surface area contributed by atoms with Crippen LogP contribution in [-0.4, -0.2) is 9.97 Å². The Bertz CT molecular complexity index is 1150. The van der Waals surface area contributed by atoms with Crippen molar-refractivity contribution in [2.45, 2.75) is 12.8 Å². The van der Waals surface area contributed by atoms with Gasteiger partial charge in [-0.15, -0.1) is 0 Å². The van der Waals surface area contributed by atoms with Crippen LogP contribution in [0, 0.1) is 0 Å². The van der Waals surface area contributed by atoms with Gasteiger partial charge in [-0.3, -0.25) is 0 Å². The number of halogens is 3. The molecular formula is C24H19F3N4O. The molecule has 0 fully saturated rings. The largest absolute Gasteiger partial charge is 0.489 e. The predicted molar refractivity (Wildman–Crippen MR) is 117 cm³/mol. The van der Waals surface area contributed by atoms with E-state index in [2.05, 4.69) is 20.6 Å². The smallest absolute Gasteiger partial charge is 0.416 e. The van der Waals surface area contributed by atoms with Crippen molar-refractivity contribution in [1.82, 2.24) is 9.97 Å². The maximum absolute atomic E-state index is 12.7. The molecule has 4 rings (SSSR count). The number of benzene rings is 3. The number of nitrogens with one attached hydrogen (secondary N) is 2. The summed E-state index contributed by atoms with van der Waals surface area (Å²) in [6.07, 6.45) is -1.27.